The molecule has 2 N–H and O–H groups in total. The van der Waals surface area contributed by atoms with E-state index >= 15 is 0 Å². The third-order valence-electron chi connectivity index (χ3n) is 4.36. The molecule has 3 aromatic rings. The van der Waals surface area contributed by atoms with Crippen LogP contribution in [0.3, 0.4) is 0 Å². The van der Waals surface area contributed by atoms with Gasteiger partial charge in [-0.3, -0.25) is 19.7 Å². The van der Waals surface area contributed by atoms with Crippen molar-refractivity contribution in [3.05, 3.63) is 82.4 Å². The number of hydrogen-bond donors (Lipinski definition) is 2. The first-order valence-electron chi connectivity index (χ1n) is 9.25. The Kier molecular flexibility index (Phi) is 6.49. The molecule has 3 aromatic carbocycles. The van der Waals surface area contributed by atoms with Crippen LogP contribution in [0.1, 0.15) is 18.9 Å². The molecule has 2 amide bonds. The topological polar surface area (TPSA) is 114 Å². The summed E-state index contributed by atoms with van der Waals surface area (Å²) >= 11 is 0. The van der Waals surface area contributed by atoms with Gasteiger partial charge in [0.05, 0.1) is 17.8 Å². The van der Waals surface area contributed by atoms with E-state index in [-0.39, 0.29) is 30.3 Å². The van der Waals surface area contributed by atoms with Crippen molar-refractivity contribution in [2.24, 2.45) is 5.10 Å². The molecular weight excluding hydrogens is 384 g/mol. The molecule has 0 unspecified atom stereocenters. The molecule has 0 atom stereocenters. The molecule has 0 saturated heterocycles. The van der Waals surface area contributed by atoms with E-state index in [1.165, 1.54) is 18.2 Å². The highest BCUT2D eigenvalue weighted by Gasteiger charge is 2.10. The van der Waals surface area contributed by atoms with Gasteiger partial charge in [0.1, 0.15) is 0 Å². The van der Waals surface area contributed by atoms with Gasteiger partial charge >= 0.3 is 0 Å². The number of nitrogens with zero attached hydrogens (tertiary/aromatic N) is 2. The Hall–Kier alpha value is -4.07. The smallest absolute Gasteiger partial charge is 0.271 e. The number of carbonyl (C=O) groups is 2. The number of non-ortho nitro benzene ring substituents is 1. The average molecular weight is 404 g/mol. The van der Waals surface area contributed by atoms with Gasteiger partial charge in [-0.25, -0.2) is 5.43 Å². The van der Waals surface area contributed by atoms with Crippen LogP contribution in [0.5, 0.6) is 0 Å². The summed E-state index contributed by atoms with van der Waals surface area (Å²) in [5.74, 6) is -0.676. The van der Waals surface area contributed by atoms with Crippen LogP contribution in [0.15, 0.2) is 71.8 Å². The first kappa shape index (κ1) is 20.7. The van der Waals surface area contributed by atoms with Gasteiger partial charge in [0.25, 0.3) is 5.69 Å². The molecule has 0 bridgehead atoms. The van der Waals surface area contributed by atoms with Crippen molar-refractivity contribution in [2.75, 3.05) is 5.32 Å². The van der Waals surface area contributed by atoms with E-state index in [2.05, 4.69) is 15.8 Å². The van der Waals surface area contributed by atoms with Crippen LogP contribution in [0, 0.1) is 10.1 Å². The minimum atomic E-state index is -0.534. The Morgan fingerprint density at radius 2 is 1.73 bits per heavy atom. The zero-order valence-electron chi connectivity index (χ0n) is 16.3. The highest BCUT2D eigenvalue weighted by Crippen LogP contribution is 2.19. The molecule has 0 aromatic heterocycles. The van der Waals surface area contributed by atoms with Gasteiger partial charge in [0, 0.05) is 23.5 Å². The maximum absolute atomic E-state index is 12.3. The van der Waals surface area contributed by atoms with Gasteiger partial charge in [-0.05, 0) is 29.3 Å². The second kappa shape index (κ2) is 9.42. The molecule has 8 heteroatoms. The molecule has 0 aliphatic heterocycles. The summed E-state index contributed by atoms with van der Waals surface area (Å²) in [6, 6.07) is 19.3. The number of carbonyl (C=O) groups excluding carboxylic acids is 2. The van der Waals surface area contributed by atoms with Crippen molar-refractivity contribution in [1.82, 2.24) is 5.43 Å². The molecule has 8 nitrogen and oxygen atoms in total. The predicted octanol–water partition coefficient (Wildman–Crippen LogP) is 3.81. The first-order chi connectivity index (χ1) is 14.4. The van der Waals surface area contributed by atoms with Gasteiger partial charge in [0.2, 0.25) is 11.8 Å². The molecule has 0 radical (unpaired) electrons. The fourth-order valence-corrected chi connectivity index (χ4v) is 2.99. The van der Waals surface area contributed by atoms with Gasteiger partial charge in [0.15, 0.2) is 0 Å². The van der Waals surface area contributed by atoms with E-state index in [9.17, 15) is 19.7 Å². The lowest BCUT2D eigenvalue weighted by atomic mass is 10.0. The Balaban J connectivity index is 1.55. The molecule has 30 heavy (non-hydrogen) atoms. The summed E-state index contributed by atoms with van der Waals surface area (Å²) < 4.78 is 0. The van der Waals surface area contributed by atoms with Crippen molar-refractivity contribution in [3.8, 4) is 0 Å². The van der Waals surface area contributed by atoms with Crippen molar-refractivity contribution < 1.29 is 14.5 Å². The van der Waals surface area contributed by atoms with Crippen molar-refractivity contribution in [1.29, 1.82) is 0 Å². The zero-order chi connectivity index (χ0) is 21.5. The third kappa shape index (κ3) is 5.48. The number of anilines is 1. The van der Waals surface area contributed by atoms with Crippen molar-refractivity contribution >= 4 is 39.7 Å². The van der Waals surface area contributed by atoms with E-state index in [0.29, 0.717) is 11.4 Å². The maximum atomic E-state index is 12.3. The summed E-state index contributed by atoms with van der Waals surface area (Å²) in [4.78, 5) is 34.6. The largest absolute Gasteiger partial charge is 0.326 e. The minimum Gasteiger partial charge on any atom is -0.326 e. The van der Waals surface area contributed by atoms with E-state index in [0.717, 1.165) is 16.3 Å². The summed E-state index contributed by atoms with van der Waals surface area (Å²) in [7, 11) is 0. The summed E-state index contributed by atoms with van der Waals surface area (Å²) in [6.45, 7) is 1.62. The maximum Gasteiger partial charge on any atom is 0.271 e. The second-order valence-electron chi connectivity index (χ2n) is 6.73. The van der Waals surface area contributed by atoms with Crippen LogP contribution in [0.25, 0.3) is 10.8 Å². The quantitative estimate of drug-likeness (QED) is 0.354. The molecule has 0 heterocycles. The van der Waals surface area contributed by atoms with E-state index in [1.54, 1.807) is 13.0 Å². The number of rotatable bonds is 7. The van der Waals surface area contributed by atoms with Gasteiger partial charge < -0.3 is 5.32 Å². The standard InChI is InChI=1S/C22H20N4O4/c1-15(12-21(27)23-18-9-5-10-19(14-18)26(29)30)24-25-22(28)13-17-8-4-7-16-6-2-3-11-20(16)17/h2-11,14H,12-13H2,1H3,(H,23,27)(H,25,28)/b24-15-. The average Bonchev–Trinajstić information content (AvgIpc) is 2.72. The van der Waals surface area contributed by atoms with E-state index in [1.807, 2.05) is 42.5 Å². The highest BCUT2D eigenvalue weighted by atomic mass is 16.6. The Morgan fingerprint density at radius 1 is 1.00 bits per heavy atom. The number of benzene rings is 3. The third-order valence-corrected chi connectivity index (χ3v) is 4.36. The molecule has 0 fully saturated rings. The SMILES string of the molecule is C/C(CC(=O)Nc1cccc([N+](=O)[O-])c1)=N/NC(=O)Cc1cccc2ccccc12. The van der Waals surface area contributed by atoms with E-state index < -0.39 is 4.92 Å². The monoisotopic (exact) mass is 404 g/mol. The van der Waals surface area contributed by atoms with Crippen molar-refractivity contribution in [2.45, 2.75) is 19.8 Å². The van der Waals surface area contributed by atoms with Crippen LogP contribution in [0.2, 0.25) is 0 Å². The lowest BCUT2D eigenvalue weighted by Gasteiger charge is -2.07. The first-order valence-corrected chi connectivity index (χ1v) is 9.25. The summed E-state index contributed by atoms with van der Waals surface area (Å²) in [6.07, 6.45) is 0.106. The second-order valence-corrected chi connectivity index (χ2v) is 6.73. The molecule has 0 aliphatic carbocycles. The normalized spacial score (nSPS) is 11.2. The number of nitro benzene ring substituents is 1. The molecule has 0 aliphatic rings. The molecule has 152 valence electrons. The molecule has 0 spiro atoms. The number of hydrogen-bond acceptors (Lipinski definition) is 5. The summed E-state index contributed by atoms with van der Waals surface area (Å²) in [5.41, 5.74) is 3.98. The molecule has 3 rings (SSSR count). The predicted molar refractivity (Wildman–Crippen MR) is 115 cm³/mol. The zero-order valence-corrected chi connectivity index (χ0v) is 16.3. The number of amides is 2. The van der Waals surface area contributed by atoms with Gasteiger partial charge in [-0.1, -0.05) is 48.5 Å². The molecular formula is C22H20N4O4. The summed E-state index contributed by atoms with van der Waals surface area (Å²) in [5, 5.41) is 19.4. The Labute approximate surface area is 172 Å². The van der Waals surface area contributed by atoms with Crippen LogP contribution in [0.4, 0.5) is 11.4 Å². The van der Waals surface area contributed by atoms with Gasteiger partial charge in [-0.15, -0.1) is 0 Å². The van der Waals surface area contributed by atoms with E-state index in [4.69, 9.17) is 0 Å². The Bertz CT molecular complexity index is 1140. The lowest BCUT2D eigenvalue weighted by Crippen LogP contribution is -2.23. The van der Waals surface area contributed by atoms with Crippen LogP contribution in [-0.4, -0.2) is 22.4 Å². The van der Waals surface area contributed by atoms with Crippen LogP contribution in [-0.2, 0) is 16.0 Å². The lowest BCUT2D eigenvalue weighted by molar-refractivity contribution is -0.384. The number of fused-ring (bicyclic) bond motifs is 1. The van der Waals surface area contributed by atoms with Gasteiger partial charge in [-0.2, -0.15) is 5.10 Å². The van der Waals surface area contributed by atoms with Crippen molar-refractivity contribution in [3.63, 3.8) is 0 Å². The van der Waals surface area contributed by atoms with Crippen LogP contribution < -0.4 is 10.7 Å². The fourth-order valence-electron chi connectivity index (χ4n) is 2.99. The minimum absolute atomic E-state index is 0.0583. The fraction of sp³-hybridized carbons (Fsp3) is 0.136. The molecule has 0 saturated carbocycles. The van der Waals surface area contributed by atoms with Crippen LogP contribution >= 0.6 is 0 Å². The highest BCUT2D eigenvalue weighted by molar-refractivity contribution is 6.05. The Morgan fingerprint density at radius 3 is 2.53 bits per heavy atom. The number of hydrazone groups is 1. The number of nitrogens with one attached hydrogen (secondary N) is 2. The number of nitro groups is 1.